The second-order valence-corrected chi connectivity index (χ2v) is 4.07. The molecule has 1 unspecified atom stereocenters. The number of hydrogen-bond acceptors (Lipinski definition) is 4. The summed E-state index contributed by atoms with van der Waals surface area (Å²) in [4.78, 5) is 25.2. The molecular formula is C12H19N3O3. The second kappa shape index (κ2) is 6.80. The van der Waals surface area contributed by atoms with Crippen LogP contribution in [0.25, 0.3) is 0 Å². The van der Waals surface area contributed by atoms with Crippen LogP contribution in [0.5, 0.6) is 0 Å². The minimum Gasteiger partial charge on any atom is -0.472 e. The van der Waals surface area contributed by atoms with E-state index >= 15 is 0 Å². The van der Waals surface area contributed by atoms with Crippen LogP contribution in [0.15, 0.2) is 23.0 Å². The number of furan rings is 1. The van der Waals surface area contributed by atoms with Crippen LogP contribution >= 0.6 is 0 Å². The van der Waals surface area contributed by atoms with Crippen LogP contribution < -0.4 is 10.6 Å². The molecule has 0 aliphatic heterocycles. The summed E-state index contributed by atoms with van der Waals surface area (Å²) in [5.74, 6) is -0.436. The minimum absolute atomic E-state index is 0.123. The third kappa shape index (κ3) is 3.89. The molecule has 0 aromatic carbocycles. The Balaban J connectivity index is 2.47. The third-order valence-corrected chi connectivity index (χ3v) is 2.57. The molecule has 18 heavy (non-hydrogen) atoms. The Morgan fingerprint density at radius 1 is 1.50 bits per heavy atom. The van der Waals surface area contributed by atoms with Gasteiger partial charge >= 0.3 is 0 Å². The molecule has 0 bridgehead atoms. The predicted molar refractivity (Wildman–Crippen MR) is 67.2 cm³/mol. The van der Waals surface area contributed by atoms with Gasteiger partial charge in [0.25, 0.3) is 5.91 Å². The molecule has 0 spiro atoms. The lowest BCUT2D eigenvalue weighted by atomic mass is 10.2. The molecule has 0 aliphatic carbocycles. The summed E-state index contributed by atoms with van der Waals surface area (Å²) in [5.41, 5.74) is 0.410. The first kappa shape index (κ1) is 14.2. The molecule has 1 atom stereocenters. The number of nitrogens with zero attached hydrogens (tertiary/aromatic N) is 1. The Morgan fingerprint density at radius 3 is 2.78 bits per heavy atom. The number of carbonyl (C=O) groups excluding carboxylic acids is 2. The molecule has 100 valence electrons. The van der Waals surface area contributed by atoms with Gasteiger partial charge in [-0.1, -0.05) is 0 Å². The van der Waals surface area contributed by atoms with E-state index in [9.17, 15) is 9.59 Å². The van der Waals surface area contributed by atoms with Gasteiger partial charge in [-0.2, -0.15) is 0 Å². The van der Waals surface area contributed by atoms with Crippen molar-refractivity contribution in [3.8, 4) is 0 Å². The predicted octanol–water partition coefficient (Wildman–Crippen LogP) is 0.0757. The van der Waals surface area contributed by atoms with Gasteiger partial charge < -0.3 is 20.0 Å². The monoisotopic (exact) mass is 253 g/mol. The lowest BCUT2D eigenvalue weighted by Gasteiger charge is -2.21. The summed E-state index contributed by atoms with van der Waals surface area (Å²) >= 11 is 0. The number of likely N-dealkylation sites (N-methyl/N-ethyl adjacent to an activating group) is 2. The van der Waals surface area contributed by atoms with E-state index in [1.165, 1.54) is 12.5 Å². The largest absolute Gasteiger partial charge is 0.472 e. The first-order chi connectivity index (χ1) is 8.56. The van der Waals surface area contributed by atoms with Crippen molar-refractivity contribution in [2.24, 2.45) is 0 Å². The second-order valence-electron chi connectivity index (χ2n) is 4.07. The van der Waals surface area contributed by atoms with E-state index < -0.39 is 6.04 Å². The number of rotatable bonds is 6. The fourth-order valence-corrected chi connectivity index (χ4v) is 1.46. The highest BCUT2D eigenvalue weighted by atomic mass is 16.3. The lowest BCUT2D eigenvalue weighted by Crippen LogP contribution is -2.46. The number of amides is 2. The summed E-state index contributed by atoms with van der Waals surface area (Å²) in [5, 5.41) is 5.59. The van der Waals surface area contributed by atoms with Crippen LogP contribution in [0.1, 0.15) is 17.3 Å². The van der Waals surface area contributed by atoms with Crippen LogP contribution in [0.3, 0.4) is 0 Å². The highest BCUT2D eigenvalue weighted by Gasteiger charge is 2.20. The zero-order valence-corrected chi connectivity index (χ0v) is 10.9. The quantitative estimate of drug-likeness (QED) is 0.752. The molecule has 6 heteroatoms. The topological polar surface area (TPSA) is 74.6 Å². The van der Waals surface area contributed by atoms with Crippen LogP contribution in [0.4, 0.5) is 0 Å². The van der Waals surface area contributed by atoms with Gasteiger partial charge in [0.2, 0.25) is 5.91 Å². The number of hydrogen-bond donors (Lipinski definition) is 2. The van der Waals surface area contributed by atoms with Crippen molar-refractivity contribution in [3.05, 3.63) is 24.2 Å². The standard InChI is InChI=1S/C12H19N3O3/c1-9(12(17)15(3)6-5-13-2)14-11(16)10-4-7-18-8-10/h4,7-9,13H,5-6H2,1-3H3,(H,14,16). The number of nitrogens with one attached hydrogen (secondary N) is 2. The van der Waals surface area contributed by atoms with E-state index in [0.717, 1.165) is 0 Å². The molecular weight excluding hydrogens is 234 g/mol. The Hall–Kier alpha value is -1.82. The fraction of sp³-hybridized carbons (Fsp3) is 0.500. The molecule has 1 heterocycles. The Labute approximate surface area is 106 Å². The van der Waals surface area contributed by atoms with Gasteiger partial charge in [-0.05, 0) is 20.0 Å². The smallest absolute Gasteiger partial charge is 0.255 e. The van der Waals surface area contributed by atoms with Gasteiger partial charge in [-0.3, -0.25) is 9.59 Å². The molecule has 0 saturated heterocycles. The van der Waals surface area contributed by atoms with E-state index in [1.807, 2.05) is 7.05 Å². The third-order valence-electron chi connectivity index (χ3n) is 2.57. The molecule has 1 rings (SSSR count). The van der Waals surface area contributed by atoms with Gasteiger partial charge in [-0.15, -0.1) is 0 Å². The van der Waals surface area contributed by atoms with E-state index in [2.05, 4.69) is 10.6 Å². The first-order valence-electron chi connectivity index (χ1n) is 5.79. The highest BCUT2D eigenvalue weighted by molar-refractivity contribution is 5.97. The molecule has 6 nitrogen and oxygen atoms in total. The van der Waals surface area contributed by atoms with Crippen molar-refractivity contribution in [3.63, 3.8) is 0 Å². The van der Waals surface area contributed by atoms with Crippen LogP contribution in [-0.4, -0.2) is 49.9 Å². The van der Waals surface area contributed by atoms with Crippen molar-refractivity contribution in [2.75, 3.05) is 27.2 Å². The zero-order chi connectivity index (χ0) is 13.5. The number of carbonyl (C=O) groups is 2. The normalized spacial score (nSPS) is 11.9. The molecule has 1 aromatic heterocycles. The molecule has 1 aromatic rings. The van der Waals surface area contributed by atoms with Gasteiger partial charge in [0, 0.05) is 20.1 Å². The fourth-order valence-electron chi connectivity index (χ4n) is 1.46. The van der Waals surface area contributed by atoms with Gasteiger partial charge in [0.05, 0.1) is 11.8 Å². The SMILES string of the molecule is CNCCN(C)C(=O)C(C)NC(=O)c1ccoc1. The molecule has 0 fully saturated rings. The molecule has 0 radical (unpaired) electrons. The van der Waals surface area contributed by atoms with E-state index in [0.29, 0.717) is 18.7 Å². The average Bonchev–Trinajstić information content (AvgIpc) is 2.88. The van der Waals surface area contributed by atoms with Crippen molar-refractivity contribution in [2.45, 2.75) is 13.0 Å². The molecule has 2 N–H and O–H groups in total. The van der Waals surface area contributed by atoms with E-state index in [1.54, 1.807) is 24.9 Å². The van der Waals surface area contributed by atoms with Crippen molar-refractivity contribution in [1.82, 2.24) is 15.5 Å². The minimum atomic E-state index is -0.561. The zero-order valence-electron chi connectivity index (χ0n) is 10.9. The first-order valence-corrected chi connectivity index (χ1v) is 5.79. The average molecular weight is 253 g/mol. The van der Waals surface area contributed by atoms with E-state index in [-0.39, 0.29) is 11.8 Å². The van der Waals surface area contributed by atoms with Gasteiger partial charge in [0.1, 0.15) is 12.3 Å². The summed E-state index contributed by atoms with van der Waals surface area (Å²) < 4.78 is 4.81. The summed E-state index contributed by atoms with van der Waals surface area (Å²) in [6, 6.07) is 0.992. The summed E-state index contributed by atoms with van der Waals surface area (Å²) in [6.07, 6.45) is 2.76. The van der Waals surface area contributed by atoms with Crippen LogP contribution in [-0.2, 0) is 4.79 Å². The van der Waals surface area contributed by atoms with Gasteiger partial charge in [-0.25, -0.2) is 0 Å². The summed E-state index contributed by atoms with van der Waals surface area (Å²) in [6.45, 7) is 2.97. The summed E-state index contributed by atoms with van der Waals surface area (Å²) in [7, 11) is 3.53. The maximum absolute atomic E-state index is 11.9. The molecule has 0 aliphatic rings. The van der Waals surface area contributed by atoms with Crippen molar-refractivity contribution in [1.29, 1.82) is 0 Å². The van der Waals surface area contributed by atoms with Crippen molar-refractivity contribution >= 4 is 11.8 Å². The van der Waals surface area contributed by atoms with Gasteiger partial charge in [0.15, 0.2) is 0 Å². The van der Waals surface area contributed by atoms with Crippen LogP contribution in [0.2, 0.25) is 0 Å². The highest BCUT2D eigenvalue weighted by Crippen LogP contribution is 2.01. The lowest BCUT2D eigenvalue weighted by molar-refractivity contribution is -0.131. The van der Waals surface area contributed by atoms with Crippen LogP contribution in [0, 0.1) is 0 Å². The van der Waals surface area contributed by atoms with Crippen molar-refractivity contribution < 1.29 is 14.0 Å². The maximum atomic E-state index is 11.9. The van der Waals surface area contributed by atoms with E-state index in [4.69, 9.17) is 4.42 Å². The Kier molecular flexibility index (Phi) is 5.38. The Bertz CT molecular complexity index is 389. The maximum Gasteiger partial charge on any atom is 0.255 e. The Morgan fingerprint density at radius 2 is 2.22 bits per heavy atom. The molecule has 0 saturated carbocycles. The molecule has 2 amide bonds.